The number of hydrogen-bond acceptors (Lipinski definition) is 1. The van der Waals surface area contributed by atoms with E-state index in [0.29, 0.717) is 11.1 Å². The minimum Gasteiger partial charge on any atom is -0.378 e. The number of fused-ring (bicyclic) bond motifs is 1. The van der Waals surface area contributed by atoms with Gasteiger partial charge in [0.1, 0.15) is 0 Å². The summed E-state index contributed by atoms with van der Waals surface area (Å²) in [6.07, 6.45) is 1.65. The van der Waals surface area contributed by atoms with Gasteiger partial charge in [0.25, 0.3) is 0 Å². The molecule has 3 heteroatoms. The second-order valence-corrected chi connectivity index (χ2v) is 4.99. The third-order valence-corrected chi connectivity index (χ3v) is 3.73. The van der Waals surface area contributed by atoms with Crippen LogP contribution >= 0.6 is 0 Å². The zero-order chi connectivity index (χ0) is 13.4. The molecule has 3 rings (SSSR count). The fourth-order valence-corrected chi connectivity index (χ4v) is 2.60. The normalized spacial score (nSPS) is 17.7. The standard InChI is InChI=1S/C16H15F2N/c1-10-6-8-12(16(18)15(10)17)14-9-7-11-4-2-3-5-13(11)19-14/h2-6,8,14,19H,7,9H2,1H3. The molecule has 19 heavy (non-hydrogen) atoms. The van der Waals surface area contributed by atoms with Gasteiger partial charge in [0.2, 0.25) is 0 Å². The Hall–Kier alpha value is -1.90. The number of benzene rings is 2. The second-order valence-electron chi connectivity index (χ2n) is 4.99. The maximum absolute atomic E-state index is 14.0. The van der Waals surface area contributed by atoms with Crippen LogP contribution < -0.4 is 5.32 Å². The van der Waals surface area contributed by atoms with Gasteiger partial charge in [-0.15, -0.1) is 0 Å². The summed E-state index contributed by atoms with van der Waals surface area (Å²) >= 11 is 0. The van der Waals surface area contributed by atoms with E-state index in [2.05, 4.69) is 11.4 Å². The Morgan fingerprint density at radius 1 is 1.05 bits per heavy atom. The molecule has 1 atom stereocenters. The van der Waals surface area contributed by atoms with E-state index in [4.69, 9.17) is 0 Å². The Morgan fingerprint density at radius 3 is 2.68 bits per heavy atom. The Kier molecular flexibility index (Phi) is 2.97. The van der Waals surface area contributed by atoms with Crippen molar-refractivity contribution < 1.29 is 8.78 Å². The molecule has 1 N–H and O–H groups in total. The van der Waals surface area contributed by atoms with Crippen molar-refractivity contribution in [1.29, 1.82) is 0 Å². The largest absolute Gasteiger partial charge is 0.378 e. The predicted molar refractivity (Wildman–Crippen MR) is 72.2 cm³/mol. The zero-order valence-electron chi connectivity index (χ0n) is 10.7. The van der Waals surface area contributed by atoms with E-state index >= 15 is 0 Å². The Labute approximate surface area is 111 Å². The van der Waals surface area contributed by atoms with Crippen LogP contribution in [0.2, 0.25) is 0 Å². The van der Waals surface area contributed by atoms with Crippen molar-refractivity contribution in [1.82, 2.24) is 0 Å². The molecule has 0 radical (unpaired) electrons. The molecule has 0 fully saturated rings. The minimum atomic E-state index is -0.738. The van der Waals surface area contributed by atoms with Crippen molar-refractivity contribution in [3.05, 3.63) is 64.7 Å². The average molecular weight is 259 g/mol. The number of aryl methyl sites for hydroxylation is 2. The van der Waals surface area contributed by atoms with E-state index < -0.39 is 11.6 Å². The first kappa shape index (κ1) is 12.2. The van der Waals surface area contributed by atoms with Gasteiger partial charge in [-0.25, -0.2) is 8.78 Å². The Balaban J connectivity index is 1.96. The van der Waals surface area contributed by atoms with Crippen LogP contribution in [0.25, 0.3) is 0 Å². The molecule has 0 saturated heterocycles. The topological polar surface area (TPSA) is 12.0 Å². The molecule has 1 unspecified atom stereocenters. The van der Waals surface area contributed by atoms with Crippen LogP contribution in [0.3, 0.4) is 0 Å². The molecule has 0 aliphatic carbocycles. The molecule has 1 aliphatic heterocycles. The monoisotopic (exact) mass is 259 g/mol. The molecule has 0 bridgehead atoms. The van der Waals surface area contributed by atoms with E-state index in [0.717, 1.165) is 18.5 Å². The van der Waals surface area contributed by atoms with Gasteiger partial charge in [-0.2, -0.15) is 0 Å². The molecule has 2 aromatic rings. The highest BCUT2D eigenvalue weighted by molar-refractivity contribution is 5.55. The maximum atomic E-state index is 14.0. The summed E-state index contributed by atoms with van der Waals surface area (Å²) in [5, 5.41) is 3.29. The summed E-state index contributed by atoms with van der Waals surface area (Å²) in [5.74, 6) is -1.46. The third-order valence-electron chi connectivity index (χ3n) is 3.73. The number of anilines is 1. The summed E-state index contributed by atoms with van der Waals surface area (Å²) in [6, 6.07) is 11.1. The van der Waals surface area contributed by atoms with Gasteiger partial charge in [0.15, 0.2) is 11.6 Å². The fraction of sp³-hybridized carbons (Fsp3) is 0.250. The lowest BCUT2D eigenvalue weighted by atomic mass is 9.92. The van der Waals surface area contributed by atoms with Gasteiger partial charge in [-0.3, -0.25) is 0 Å². The number of halogens is 2. The van der Waals surface area contributed by atoms with Crippen LogP contribution in [0.1, 0.15) is 29.2 Å². The molecule has 1 nitrogen and oxygen atoms in total. The second kappa shape index (κ2) is 4.65. The molecule has 0 spiro atoms. The summed E-state index contributed by atoms with van der Waals surface area (Å²) < 4.78 is 27.6. The molecule has 0 amide bonds. The summed E-state index contributed by atoms with van der Waals surface area (Å²) in [6.45, 7) is 1.58. The zero-order valence-corrected chi connectivity index (χ0v) is 10.7. The van der Waals surface area contributed by atoms with Crippen molar-refractivity contribution in [3.63, 3.8) is 0 Å². The van der Waals surface area contributed by atoms with Gasteiger partial charge in [0, 0.05) is 11.3 Å². The smallest absolute Gasteiger partial charge is 0.164 e. The quantitative estimate of drug-likeness (QED) is 0.801. The van der Waals surface area contributed by atoms with E-state index in [1.807, 2.05) is 18.2 Å². The van der Waals surface area contributed by atoms with Crippen LogP contribution in [0.4, 0.5) is 14.5 Å². The lowest BCUT2D eigenvalue weighted by Crippen LogP contribution is -2.19. The number of rotatable bonds is 1. The fourth-order valence-electron chi connectivity index (χ4n) is 2.60. The third kappa shape index (κ3) is 2.09. The van der Waals surface area contributed by atoms with Crippen LogP contribution in [-0.4, -0.2) is 0 Å². The Morgan fingerprint density at radius 2 is 1.84 bits per heavy atom. The van der Waals surface area contributed by atoms with E-state index in [-0.39, 0.29) is 6.04 Å². The Bertz CT molecular complexity index is 622. The molecular weight excluding hydrogens is 244 g/mol. The van der Waals surface area contributed by atoms with Crippen molar-refractivity contribution in [3.8, 4) is 0 Å². The predicted octanol–water partition coefficient (Wildman–Crippen LogP) is 4.37. The summed E-state index contributed by atoms with van der Waals surface area (Å²) in [4.78, 5) is 0. The first-order valence-electron chi connectivity index (χ1n) is 6.46. The van der Waals surface area contributed by atoms with E-state index in [9.17, 15) is 8.78 Å². The molecule has 1 heterocycles. The van der Waals surface area contributed by atoms with E-state index in [1.54, 1.807) is 19.1 Å². The van der Waals surface area contributed by atoms with Crippen molar-refractivity contribution in [2.45, 2.75) is 25.8 Å². The van der Waals surface area contributed by atoms with Gasteiger partial charge < -0.3 is 5.32 Å². The van der Waals surface area contributed by atoms with Gasteiger partial charge in [0.05, 0.1) is 6.04 Å². The average Bonchev–Trinajstić information content (AvgIpc) is 2.44. The highest BCUT2D eigenvalue weighted by atomic mass is 19.2. The highest BCUT2D eigenvalue weighted by Crippen LogP contribution is 2.34. The molecule has 2 aromatic carbocycles. The lowest BCUT2D eigenvalue weighted by Gasteiger charge is -2.27. The van der Waals surface area contributed by atoms with Gasteiger partial charge in [-0.05, 0) is 37.0 Å². The molecule has 1 aliphatic rings. The van der Waals surface area contributed by atoms with Crippen molar-refractivity contribution in [2.24, 2.45) is 0 Å². The van der Waals surface area contributed by atoms with Crippen LogP contribution in [0.15, 0.2) is 36.4 Å². The van der Waals surface area contributed by atoms with Crippen LogP contribution in [0.5, 0.6) is 0 Å². The highest BCUT2D eigenvalue weighted by Gasteiger charge is 2.23. The molecular formula is C16H15F2N. The first-order chi connectivity index (χ1) is 9.16. The van der Waals surface area contributed by atoms with E-state index in [1.165, 1.54) is 5.56 Å². The van der Waals surface area contributed by atoms with Crippen LogP contribution in [-0.2, 0) is 6.42 Å². The molecule has 98 valence electrons. The lowest BCUT2D eigenvalue weighted by molar-refractivity contribution is 0.482. The number of hydrogen-bond donors (Lipinski definition) is 1. The van der Waals surface area contributed by atoms with Crippen molar-refractivity contribution >= 4 is 5.69 Å². The maximum Gasteiger partial charge on any atom is 0.164 e. The summed E-state index contributed by atoms with van der Waals surface area (Å²) in [5.41, 5.74) is 3.00. The van der Waals surface area contributed by atoms with Crippen molar-refractivity contribution in [2.75, 3.05) is 5.32 Å². The van der Waals surface area contributed by atoms with Gasteiger partial charge >= 0.3 is 0 Å². The number of nitrogens with one attached hydrogen (secondary N) is 1. The first-order valence-corrected chi connectivity index (χ1v) is 6.46. The SMILES string of the molecule is Cc1ccc(C2CCc3ccccc3N2)c(F)c1F. The van der Waals surface area contributed by atoms with Gasteiger partial charge in [-0.1, -0.05) is 30.3 Å². The molecule has 0 saturated carbocycles. The number of para-hydroxylation sites is 1. The minimum absolute atomic E-state index is 0.162. The van der Waals surface area contributed by atoms with Crippen LogP contribution in [0, 0.1) is 18.6 Å². The summed E-state index contributed by atoms with van der Waals surface area (Å²) in [7, 11) is 0. The molecule has 0 aromatic heterocycles.